The molecule has 134 valence electrons. The zero-order valence-electron chi connectivity index (χ0n) is 14.0. The van der Waals surface area contributed by atoms with E-state index in [1.54, 1.807) is 42.5 Å². The summed E-state index contributed by atoms with van der Waals surface area (Å²) in [5, 5.41) is 6.09. The van der Waals surface area contributed by atoms with Crippen molar-refractivity contribution in [3.63, 3.8) is 0 Å². The molecular formula is C19H18ClN3O3. The van der Waals surface area contributed by atoms with Crippen LogP contribution in [0.3, 0.4) is 0 Å². The number of anilines is 2. The van der Waals surface area contributed by atoms with Crippen LogP contribution in [0.4, 0.5) is 11.4 Å². The Morgan fingerprint density at radius 3 is 2.62 bits per heavy atom. The minimum absolute atomic E-state index is 0.00693. The molecule has 6 nitrogen and oxygen atoms in total. The van der Waals surface area contributed by atoms with Gasteiger partial charge >= 0.3 is 0 Å². The van der Waals surface area contributed by atoms with E-state index >= 15 is 0 Å². The lowest BCUT2D eigenvalue weighted by atomic mass is 10.1. The Labute approximate surface area is 156 Å². The Hall–Kier alpha value is -2.86. The number of hydrogen-bond donors (Lipinski definition) is 2. The molecule has 2 N–H and O–H groups in total. The van der Waals surface area contributed by atoms with Crippen molar-refractivity contribution in [3.8, 4) is 0 Å². The van der Waals surface area contributed by atoms with Gasteiger partial charge in [0.2, 0.25) is 11.8 Å². The van der Waals surface area contributed by atoms with Gasteiger partial charge in [-0.25, -0.2) is 0 Å². The summed E-state index contributed by atoms with van der Waals surface area (Å²) in [5.41, 5.74) is 1.85. The van der Waals surface area contributed by atoms with Crippen LogP contribution in [-0.2, 0) is 9.59 Å². The van der Waals surface area contributed by atoms with Crippen molar-refractivity contribution in [2.75, 3.05) is 23.3 Å². The number of rotatable bonds is 5. The highest BCUT2D eigenvalue weighted by Gasteiger charge is 2.25. The molecule has 0 spiro atoms. The van der Waals surface area contributed by atoms with Gasteiger partial charge in [-0.1, -0.05) is 23.7 Å². The number of carbonyl (C=O) groups excluding carboxylic acids is 3. The summed E-state index contributed by atoms with van der Waals surface area (Å²) in [6.07, 6.45) is 0.723. The minimum atomic E-state index is -0.215. The van der Waals surface area contributed by atoms with Crippen molar-refractivity contribution in [1.82, 2.24) is 5.32 Å². The van der Waals surface area contributed by atoms with E-state index in [-0.39, 0.29) is 30.7 Å². The Morgan fingerprint density at radius 2 is 1.85 bits per heavy atom. The molecule has 1 aliphatic heterocycles. The molecule has 1 aliphatic rings. The van der Waals surface area contributed by atoms with Crippen molar-refractivity contribution < 1.29 is 14.4 Å². The summed E-state index contributed by atoms with van der Waals surface area (Å²) < 4.78 is 0. The number of nitrogens with one attached hydrogen (secondary N) is 2. The molecule has 0 saturated heterocycles. The summed E-state index contributed by atoms with van der Waals surface area (Å²) in [7, 11) is 0. The number of fused-ring (bicyclic) bond motifs is 1. The fourth-order valence-corrected chi connectivity index (χ4v) is 2.86. The van der Waals surface area contributed by atoms with Gasteiger partial charge in [0.05, 0.1) is 11.4 Å². The molecule has 0 unspecified atom stereocenters. The average molecular weight is 372 g/mol. The van der Waals surface area contributed by atoms with Crippen molar-refractivity contribution in [2.45, 2.75) is 12.8 Å². The molecule has 0 aromatic heterocycles. The van der Waals surface area contributed by atoms with Crippen LogP contribution in [0.25, 0.3) is 0 Å². The average Bonchev–Trinajstić information content (AvgIpc) is 2.64. The van der Waals surface area contributed by atoms with Crippen LogP contribution in [0.5, 0.6) is 0 Å². The van der Waals surface area contributed by atoms with E-state index in [2.05, 4.69) is 10.6 Å². The monoisotopic (exact) mass is 371 g/mol. The van der Waals surface area contributed by atoms with E-state index < -0.39 is 0 Å². The molecule has 0 atom stereocenters. The topological polar surface area (TPSA) is 78.5 Å². The lowest BCUT2D eigenvalue weighted by Crippen LogP contribution is -2.42. The first-order chi connectivity index (χ1) is 12.5. The summed E-state index contributed by atoms with van der Waals surface area (Å²) >= 11 is 5.80. The van der Waals surface area contributed by atoms with Crippen molar-refractivity contribution >= 4 is 40.7 Å². The van der Waals surface area contributed by atoms with Gasteiger partial charge in [-0.05, 0) is 42.8 Å². The van der Waals surface area contributed by atoms with E-state index in [1.807, 2.05) is 6.07 Å². The van der Waals surface area contributed by atoms with E-state index in [9.17, 15) is 14.4 Å². The zero-order valence-corrected chi connectivity index (χ0v) is 14.8. The lowest BCUT2D eigenvalue weighted by molar-refractivity contribution is -0.122. The smallest absolute Gasteiger partial charge is 0.251 e. The molecule has 3 amide bonds. The van der Waals surface area contributed by atoms with Crippen LogP contribution in [0.2, 0.25) is 5.02 Å². The Kier molecular flexibility index (Phi) is 5.53. The predicted molar refractivity (Wildman–Crippen MR) is 100 cm³/mol. The van der Waals surface area contributed by atoms with Gasteiger partial charge in [-0.15, -0.1) is 0 Å². The summed E-state index contributed by atoms with van der Waals surface area (Å²) in [6.45, 7) is 0.377. The van der Waals surface area contributed by atoms with Crippen molar-refractivity contribution in [1.29, 1.82) is 0 Å². The third-order valence-corrected chi connectivity index (χ3v) is 4.28. The second kappa shape index (κ2) is 8.01. The van der Waals surface area contributed by atoms with Crippen LogP contribution < -0.4 is 15.5 Å². The number of hydrogen-bond acceptors (Lipinski definition) is 3. The number of amides is 3. The molecule has 0 bridgehead atoms. The van der Waals surface area contributed by atoms with Crippen LogP contribution in [0.15, 0.2) is 48.5 Å². The first kappa shape index (κ1) is 17.9. The fraction of sp³-hybridized carbons (Fsp3) is 0.211. The molecule has 0 fully saturated rings. The van der Waals surface area contributed by atoms with Gasteiger partial charge in [-0.2, -0.15) is 0 Å². The van der Waals surface area contributed by atoms with Crippen molar-refractivity contribution in [2.24, 2.45) is 0 Å². The first-order valence-electron chi connectivity index (χ1n) is 8.27. The Bertz CT molecular complexity index is 836. The molecule has 2 aromatic rings. The maximum Gasteiger partial charge on any atom is 0.251 e. The molecular weight excluding hydrogens is 354 g/mol. The quantitative estimate of drug-likeness (QED) is 0.793. The summed E-state index contributed by atoms with van der Waals surface area (Å²) in [6, 6.07) is 13.8. The normalized spacial score (nSPS) is 13.0. The standard InChI is InChI=1S/C19H18ClN3O3/c20-14-9-7-13(8-10-14)19(26)21-11-3-6-18(25)23-12-17(24)22-15-4-1-2-5-16(15)23/h1-2,4-5,7-10H,3,6,11-12H2,(H,21,26)(H,22,24). The van der Waals surface area contributed by atoms with Crippen molar-refractivity contribution in [3.05, 3.63) is 59.1 Å². The largest absolute Gasteiger partial charge is 0.352 e. The molecule has 0 saturated carbocycles. The van der Waals surface area contributed by atoms with E-state index in [1.165, 1.54) is 4.90 Å². The maximum atomic E-state index is 12.5. The van der Waals surface area contributed by atoms with Gasteiger partial charge in [0, 0.05) is 23.6 Å². The summed E-state index contributed by atoms with van der Waals surface area (Å²) in [4.78, 5) is 37.7. The lowest BCUT2D eigenvalue weighted by Gasteiger charge is -2.29. The number of nitrogens with zero attached hydrogens (tertiary/aromatic N) is 1. The van der Waals surface area contributed by atoms with Gasteiger partial charge < -0.3 is 15.5 Å². The fourth-order valence-electron chi connectivity index (χ4n) is 2.74. The highest BCUT2D eigenvalue weighted by Crippen LogP contribution is 2.29. The molecule has 0 aliphatic carbocycles. The maximum absolute atomic E-state index is 12.5. The third-order valence-electron chi connectivity index (χ3n) is 4.03. The van der Waals surface area contributed by atoms with Gasteiger partial charge in [0.15, 0.2) is 0 Å². The zero-order chi connectivity index (χ0) is 18.5. The SMILES string of the molecule is O=C1CN(C(=O)CCCNC(=O)c2ccc(Cl)cc2)c2ccccc2N1. The van der Waals surface area contributed by atoms with Crippen LogP contribution in [0, 0.1) is 0 Å². The van der Waals surface area contributed by atoms with E-state index in [0.717, 1.165) is 0 Å². The second-order valence-corrected chi connectivity index (χ2v) is 6.35. The van der Waals surface area contributed by atoms with E-state index in [4.69, 9.17) is 11.6 Å². The van der Waals surface area contributed by atoms with Gasteiger partial charge in [-0.3, -0.25) is 14.4 Å². The first-order valence-corrected chi connectivity index (χ1v) is 8.65. The number of carbonyl (C=O) groups is 3. The Morgan fingerprint density at radius 1 is 1.12 bits per heavy atom. The minimum Gasteiger partial charge on any atom is -0.352 e. The third kappa shape index (κ3) is 4.21. The van der Waals surface area contributed by atoms with Crippen LogP contribution in [0.1, 0.15) is 23.2 Å². The molecule has 2 aromatic carbocycles. The number of para-hydroxylation sites is 2. The van der Waals surface area contributed by atoms with Crippen LogP contribution in [-0.4, -0.2) is 30.8 Å². The van der Waals surface area contributed by atoms with Gasteiger partial charge in [0.25, 0.3) is 5.91 Å². The molecule has 1 heterocycles. The number of benzene rings is 2. The highest BCUT2D eigenvalue weighted by molar-refractivity contribution is 6.30. The van der Waals surface area contributed by atoms with E-state index in [0.29, 0.717) is 34.9 Å². The molecule has 7 heteroatoms. The molecule has 26 heavy (non-hydrogen) atoms. The molecule has 0 radical (unpaired) electrons. The van der Waals surface area contributed by atoms with Crippen LogP contribution >= 0.6 is 11.6 Å². The Balaban J connectivity index is 1.51. The molecule has 3 rings (SSSR count). The summed E-state index contributed by atoms with van der Waals surface area (Å²) in [5.74, 6) is -0.571. The number of halogens is 1. The highest BCUT2D eigenvalue weighted by atomic mass is 35.5. The van der Waals surface area contributed by atoms with Gasteiger partial charge in [0.1, 0.15) is 6.54 Å². The predicted octanol–water partition coefficient (Wildman–Crippen LogP) is 2.84. The second-order valence-electron chi connectivity index (χ2n) is 5.91.